The Hall–Kier alpha value is -4.27. The van der Waals surface area contributed by atoms with Gasteiger partial charge in [0.1, 0.15) is 11.5 Å². The highest BCUT2D eigenvalue weighted by molar-refractivity contribution is 6.01. The van der Waals surface area contributed by atoms with E-state index in [9.17, 15) is 24.0 Å². The maximum Gasteiger partial charge on any atom is 0.336 e. The van der Waals surface area contributed by atoms with Crippen molar-refractivity contribution < 1.29 is 42.9 Å². The molecule has 326 valence electrons. The Morgan fingerprint density at radius 2 is 1.49 bits per heavy atom. The highest BCUT2D eigenvalue weighted by Crippen LogP contribution is 2.68. The molecule has 2 aromatic carbocycles. The van der Waals surface area contributed by atoms with E-state index in [1.165, 1.54) is 70.3 Å². The molecule has 6 unspecified atom stereocenters. The maximum absolute atomic E-state index is 13.0. The van der Waals surface area contributed by atoms with Crippen molar-refractivity contribution in [2.75, 3.05) is 0 Å². The van der Waals surface area contributed by atoms with E-state index in [-0.39, 0.29) is 24.7 Å². The minimum atomic E-state index is -0.873. The third-order valence-electron chi connectivity index (χ3n) is 17.5. The zero-order valence-electron chi connectivity index (χ0n) is 36.7. The van der Waals surface area contributed by atoms with E-state index in [1.54, 1.807) is 24.3 Å². The first-order valence-corrected chi connectivity index (χ1v) is 23.5. The van der Waals surface area contributed by atoms with Crippen LogP contribution in [0.1, 0.15) is 153 Å². The van der Waals surface area contributed by atoms with Gasteiger partial charge in [0.2, 0.25) is 0 Å². The average molecular weight is 833 g/mol. The summed E-state index contributed by atoms with van der Waals surface area (Å²) in [5.74, 6) is 0.786. The summed E-state index contributed by atoms with van der Waals surface area (Å²) in [6.07, 6.45) is 19.4. The lowest BCUT2D eigenvalue weighted by molar-refractivity contribution is -0.155. The van der Waals surface area contributed by atoms with Crippen molar-refractivity contribution in [1.29, 1.82) is 0 Å². The van der Waals surface area contributed by atoms with Gasteiger partial charge in [-0.1, -0.05) is 72.1 Å². The summed E-state index contributed by atoms with van der Waals surface area (Å²) >= 11 is 0. The predicted octanol–water partition coefficient (Wildman–Crippen LogP) is 10.5. The van der Waals surface area contributed by atoms with Crippen LogP contribution in [0.2, 0.25) is 0 Å². The first-order valence-electron chi connectivity index (χ1n) is 23.5. The maximum atomic E-state index is 13.0. The molecule has 0 amide bonds. The van der Waals surface area contributed by atoms with Gasteiger partial charge in [-0.2, -0.15) is 0 Å². The highest BCUT2D eigenvalue weighted by atomic mass is 16.6. The second-order valence-corrected chi connectivity index (χ2v) is 21.1. The molecule has 0 radical (unpaired) electrons. The van der Waals surface area contributed by atoms with Crippen LogP contribution in [0.5, 0.6) is 11.5 Å². The molecular weight excluding hydrogens is 769 g/mol. The van der Waals surface area contributed by atoms with Crippen molar-refractivity contribution in [3.05, 3.63) is 65.2 Å². The van der Waals surface area contributed by atoms with Crippen LogP contribution < -0.4 is 9.47 Å². The standard InChI is InChI=1S/C52H64O9/c1-29(2)7-6-8-30(3)42-18-19-43-37-16-12-32-25-35(21-23-51(32,4)44(37)22-24-52(42,43)5)58-33-13-9-31(10-14-33)11-20-45(53)59-34-15-17-36-38(40-28-46(54)60-48(40)55)27-41-47(39(36)26-34)50(57)61-49(41)56/h9-11,13-15,17,20,26,29-30,32,35,37-38,40-44,47H,6-8,12,16,18-19,21-25,27-28H2,1-5H3/t30-,32?,35?,37+,38?,40?,41?,42-,43+,44+,47?,51+,52-/m1/s1. The fourth-order valence-corrected chi connectivity index (χ4v) is 14.4. The number of hydrogen-bond donors (Lipinski definition) is 0. The molecule has 13 atom stereocenters. The molecule has 9 nitrogen and oxygen atoms in total. The first-order chi connectivity index (χ1) is 29.2. The molecule has 7 aliphatic rings. The molecule has 2 heterocycles. The highest BCUT2D eigenvalue weighted by Gasteiger charge is 2.61. The third-order valence-corrected chi connectivity index (χ3v) is 17.5. The lowest BCUT2D eigenvalue weighted by Crippen LogP contribution is -2.54. The van der Waals surface area contributed by atoms with Crippen molar-refractivity contribution in [3.8, 4) is 11.5 Å². The Labute approximate surface area is 361 Å². The van der Waals surface area contributed by atoms with Gasteiger partial charge in [0.05, 0.1) is 30.3 Å². The third kappa shape index (κ3) is 7.79. The SMILES string of the molecule is CC(C)CCC[C@@H](C)[C@H]1CC[C@H]2[C@@H]3CCC4CC(Oc5ccc(C=CC(=O)Oc6ccc7c(c6)C6C(=O)OC(=O)C6CC7C6CC(=O)OC6=O)cc5)CC[C@]4(C)[C@H]3CC[C@]12C. The van der Waals surface area contributed by atoms with Gasteiger partial charge >= 0.3 is 29.8 Å². The van der Waals surface area contributed by atoms with Crippen LogP contribution in [0.15, 0.2) is 48.5 Å². The second kappa shape index (κ2) is 16.5. The van der Waals surface area contributed by atoms with Gasteiger partial charge in [0, 0.05) is 6.08 Å². The van der Waals surface area contributed by atoms with E-state index in [2.05, 4.69) is 34.6 Å². The number of ether oxygens (including phenoxy) is 4. The van der Waals surface area contributed by atoms with E-state index in [1.807, 2.05) is 24.3 Å². The van der Waals surface area contributed by atoms with Crippen molar-refractivity contribution in [2.24, 2.45) is 64.1 Å². The molecule has 5 aliphatic carbocycles. The molecular formula is C52H64O9. The van der Waals surface area contributed by atoms with Crippen LogP contribution in [0, 0.1) is 64.1 Å². The molecule has 0 aromatic heterocycles. The summed E-state index contributed by atoms with van der Waals surface area (Å²) in [6, 6.07) is 12.7. The number of hydrogen-bond acceptors (Lipinski definition) is 9. The van der Waals surface area contributed by atoms with E-state index < -0.39 is 53.5 Å². The topological polar surface area (TPSA) is 122 Å². The fourth-order valence-electron chi connectivity index (χ4n) is 14.4. The molecule has 6 fully saturated rings. The Bertz CT molecular complexity index is 2080. The lowest BCUT2D eigenvalue weighted by atomic mass is 9.44. The van der Waals surface area contributed by atoms with Gasteiger partial charge < -0.3 is 18.9 Å². The zero-order valence-corrected chi connectivity index (χ0v) is 36.7. The van der Waals surface area contributed by atoms with Gasteiger partial charge in [-0.05, 0) is 169 Å². The molecule has 0 N–H and O–H groups in total. The molecule has 0 spiro atoms. The monoisotopic (exact) mass is 832 g/mol. The molecule has 2 aromatic rings. The summed E-state index contributed by atoms with van der Waals surface area (Å²) in [5, 5.41) is 0. The second-order valence-electron chi connectivity index (χ2n) is 21.1. The van der Waals surface area contributed by atoms with Gasteiger partial charge in [-0.25, -0.2) is 4.79 Å². The molecule has 2 saturated heterocycles. The quantitative estimate of drug-likeness (QED) is 0.0942. The number of esters is 5. The Kier molecular flexibility index (Phi) is 11.3. The number of cyclic esters (lactones) is 4. The Balaban J connectivity index is 0.790. The van der Waals surface area contributed by atoms with Crippen LogP contribution in [-0.4, -0.2) is 36.0 Å². The normalized spacial score (nSPS) is 37.0. The van der Waals surface area contributed by atoms with Gasteiger partial charge in [0.25, 0.3) is 0 Å². The minimum absolute atomic E-state index is 0.0991. The van der Waals surface area contributed by atoms with Crippen LogP contribution in [0.4, 0.5) is 0 Å². The van der Waals surface area contributed by atoms with Gasteiger partial charge in [0.15, 0.2) is 0 Å². The van der Waals surface area contributed by atoms with Crippen molar-refractivity contribution in [3.63, 3.8) is 0 Å². The van der Waals surface area contributed by atoms with Gasteiger partial charge in [-0.3, -0.25) is 19.2 Å². The predicted molar refractivity (Wildman–Crippen MR) is 229 cm³/mol. The van der Waals surface area contributed by atoms with E-state index in [0.29, 0.717) is 27.9 Å². The summed E-state index contributed by atoms with van der Waals surface area (Å²) in [6.45, 7) is 12.6. The summed E-state index contributed by atoms with van der Waals surface area (Å²) in [5.41, 5.74) is 2.86. The first kappa shape index (κ1) is 42.1. The number of fused-ring (bicyclic) bond motifs is 8. The molecule has 2 aliphatic heterocycles. The van der Waals surface area contributed by atoms with Crippen LogP contribution in [0.25, 0.3) is 6.08 Å². The van der Waals surface area contributed by atoms with Crippen molar-refractivity contribution >= 4 is 35.9 Å². The molecule has 9 rings (SSSR count). The summed E-state index contributed by atoms with van der Waals surface area (Å²) in [4.78, 5) is 62.8. The van der Waals surface area contributed by atoms with Crippen molar-refractivity contribution in [2.45, 2.75) is 142 Å². The molecule has 4 saturated carbocycles. The molecule has 9 heteroatoms. The molecule has 61 heavy (non-hydrogen) atoms. The van der Waals surface area contributed by atoms with Gasteiger partial charge in [-0.15, -0.1) is 0 Å². The zero-order chi connectivity index (χ0) is 42.8. The average Bonchev–Trinajstić information content (AvgIpc) is 3.86. The van der Waals surface area contributed by atoms with Crippen LogP contribution in [-0.2, 0) is 33.4 Å². The Morgan fingerprint density at radius 1 is 0.754 bits per heavy atom. The van der Waals surface area contributed by atoms with E-state index in [4.69, 9.17) is 18.9 Å². The van der Waals surface area contributed by atoms with E-state index >= 15 is 0 Å². The Morgan fingerprint density at radius 3 is 2.25 bits per heavy atom. The largest absolute Gasteiger partial charge is 0.490 e. The van der Waals surface area contributed by atoms with Crippen LogP contribution in [0.3, 0.4) is 0 Å². The number of benzene rings is 2. The lowest BCUT2D eigenvalue weighted by Gasteiger charge is -2.61. The number of rotatable bonds is 11. The minimum Gasteiger partial charge on any atom is -0.490 e. The van der Waals surface area contributed by atoms with Crippen molar-refractivity contribution in [1.82, 2.24) is 0 Å². The van der Waals surface area contributed by atoms with Crippen LogP contribution >= 0.6 is 0 Å². The summed E-state index contributed by atoms with van der Waals surface area (Å²) < 4.78 is 22.1. The summed E-state index contributed by atoms with van der Waals surface area (Å²) in [7, 11) is 0. The number of carbonyl (C=O) groups excluding carboxylic acids is 5. The number of carbonyl (C=O) groups is 5. The fraction of sp³-hybridized carbons (Fsp3) is 0.635. The molecule has 0 bridgehead atoms. The van der Waals surface area contributed by atoms with E-state index in [0.717, 1.165) is 59.7 Å². The smallest absolute Gasteiger partial charge is 0.336 e.